The molecule has 1 aliphatic rings. The number of piperidine rings is 1. The second-order valence-corrected chi connectivity index (χ2v) is 9.71. The maximum absolute atomic E-state index is 13.0. The molecule has 1 aromatic carbocycles. The maximum atomic E-state index is 13.0. The van der Waals surface area contributed by atoms with Crippen molar-refractivity contribution in [2.45, 2.75) is 38.2 Å². The molecule has 0 bridgehead atoms. The van der Waals surface area contributed by atoms with Gasteiger partial charge in [-0.25, -0.2) is 18.7 Å². The van der Waals surface area contributed by atoms with E-state index in [1.807, 2.05) is 22.7 Å². The van der Waals surface area contributed by atoms with Gasteiger partial charge in [0.1, 0.15) is 4.83 Å². The molecule has 0 unspecified atom stereocenters. The molecule has 156 valence electrons. The first kappa shape index (κ1) is 19.8. The number of rotatable bonds is 5. The molecule has 8 heteroatoms. The van der Waals surface area contributed by atoms with Crippen LogP contribution in [0.25, 0.3) is 20.4 Å². The van der Waals surface area contributed by atoms with Crippen molar-refractivity contribution in [3.8, 4) is 0 Å². The molecule has 0 radical (unpaired) electrons. The third kappa shape index (κ3) is 3.79. The van der Waals surface area contributed by atoms with Crippen LogP contribution < -0.4 is 5.32 Å². The number of fused-ring (bicyclic) bond motifs is 2. The number of benzene rings is 1. The van der Waals surface area contributed by atoms with Crippen LogP contribution in [-0.2, 0) is 0 Å². The molecular weight excluding hydrogens is 422 g/mol. The van der Waals surface area contributed by atoms with Crippen molar-refractivity contribution in [1.29, 1.82) is 0 Å². The Hall–Kier alpha value is -2.16. The number of thiophene rings is 1. The number of anilines is 2. The minimum atomic E-state index is -2.29. The molecule has 4 aromatic rings. The highest BCUT2D eigenvalue weighted by molar-refractivity contribution is 7.18. The van der Waals surface area contributed by atoms with Crippen molar-refractivity contribution < 1.29 is 8.78 Å². The molecule has 0 saturated carbocycles. The summed E-state index contributed by atoms with van der Waals surface area (Å²) in [7, 11) is 0. The summed E-state index contributed by atoms with van der Waals surface area (Å²) in [6, 6.07) is 10.5. The first-order valence-electron chi connectivity index (χ1n) is 10.1. The molecule has 1 aliphatic heterocycles. The highest BCUT2D eigenvalue weighted by atomic mass is 32.1. The Labute approximate surface area is 181 Å². The molecule has 0 spiro atoms. The van der Waals surface area contributed by atoms with Gasteiger partial charge in [0, 0.05) is 34.1 Å². The molecular formula is C22H22F2N4S2. The summed E-state index contributed by atoms with van der Waals surface area (Å²) in [6.07, 6.45) is 1.50. The van der Waals surface area contributed by atoms with Gasteiger partial charge in [0.05, 0.1) is 28.0 Å². The van der Waals surface area contributed by atoms with Crippen LogP contribution in [0.1, 0.15) is 30.6 Å². The fraction of sp³-hybridized carbons (Fsp3) is 0.364. The van der Waals surface area contributed by atoms with E-state index in [1.165, 1.54) is 4.88 Å². The highest BCUT2D eigenvalue weighted by Crippen LogP contribution is 2.40. The summed E-state index contributed by atoms with van der Waals surface area (Å²) in [5.41, 5.74) is 4.83. The lowest BCUT2D eigenvalue weighted by Gasteiger charge is -2.38. The van der Waals surface area contributed by atoms with Crippen LogP contribution in [-0.4, -0.2) is 40.4 Å². The van der Waals surface area contributed by atoms with Gasteiger partial charge in [-0.05, 0) is 56.6 Å². The van der Waals surface area contributed by atoms with E-state index < -0.39 is 6.43 Å². The number of hydrogen-bond acceptors (Lipinski definition) is 6. The van der Waals surface area contributed by atoms with Crippen molar-refractivity contribution in [3.63, 3.8) is 0 Å². The maximum Gasteiger partial charge on any atom is 0.251 e. The molecule has 0 aliphatic carbocycles. The van der Waals surface area contributed by atoms with Crippen LogP contribution >= 0.6 is 22.7 Å². The average molecular weight is 445 g/mol. The van der Waals surface area contributed by atoms with Crippen molar-refractivity contribution in [1.82, 2.24) is 14.9 Å². The Morgan fingerprint density at radius 1 is 1.23 bits per heavy atom. The first-order valence-corrected chi connectivity index (χ1v) is 11.8. The SMILES string of the molecule is C[C@@H]1[C@@H](c2cc3c(Nc4ccc5scnc5c4)ccnc3s2)CCCN1CC(F)F. The molecule has 4 heterocycles. The summed E-state index contributed by atoms with van der Waals surface area (Å²) in [5.74, 6) is 0.260. The van der Waals surface area contributed by atoms with E-state index in [2.05, 4.69) is 46.5 Å². The first-order chi connectivity index (χ1) is 14.6. The summed E-state index contributed by atoms with van der Waals surface area (Å²) in [6.45, 7) is 2.68. The van der Waals surface area contributed by atoms with E-state index in [4.69, 9.17) is 0 Å². The minimum Gasteiger partial charge on any atom is -0.355 e. The zero-order valence-corrected chi connectivity index (χ0v) is 18.1. The second kappa shape index (κ2) is 8.17. The van der Waals surface area contributed by atoms with Crippen LogP contribution in [0.5, 0.6) is 0 Å². The number of nitrogens with one attached hydrogen (secondary N) is 1. The standard InChI is InChI=1S/C22H22F2N4S2/c1-13-15(3-2-8-28(13)11-21(23)24)20-10-16-17(6-7-25-22(16)30-20)27-14-4-5-19-18(9-14)26-12-29-19/h4-7,9-10,12-13,15,21H,2-3,8,11H2,1H3,(H,25,27)/t13-,15+/m1/s1. The van der Waals surface area contributed by atoms with Crippen LogP contribution in [0.4, 0.5) is 20.2 Å². The zero-order chi connectivity index (χ0) is 20.7. The number of pyridine rings is 1. The normalized spacial score (nSPS) is 20.4. The number of aromatic nitrogens is 2. The predicted molar refractivity (Wildman–Crippen MR) is 122 cm³/mol. The van der Waals surface area contributed by atoms with Gasteiger partial charge >= 0.3 is 0 Å². The lowest BCUT2D eigenvalue weighted by Crippen LogP contribution is -2.44. The number of halogens is 2. The number of likely N-dealkylation sites (tertiary alicyclic amines) is 1. The van der Waals surface area contributed by atoms with Crippen LogP contribution in [0.15, 0.2) is 42.0 Å². The van der Waals surface area contributed by atoms with Crippen molar-refractivity contribution in [3.05, 3.63) is 46.9 Å². The average Bonchev–Trinajstić information content (AvgIpc) is 3.36. The lowest BCUT2D eigenvalue weighted by molar-refractivity contribution is 0.0470. The zero-order valence-electron chi connectivity index (χ0n) is 16.5. The monoisotopic (exact) mass is 444 g/mol. The summed E-state index contributed by atoms with van der Waals surface area (Å²) in [5, 5.41) is 4.59. The molecule has 5 rings (SSSR count). The van der Waals surface area contributed by atoms with E-state index in [0.29, 0.717) is 0 Å². The molecule has 3 aromatic heterocycles. The van der Waals surface area contributed by atoms with E-state index in [9.17, 15) is 8.78 Å². The van der Waals surface area contributed by atoms with Gasteiger partial charge in [-0.1, -0.05) is 0 Å². The Kier molecular flexibility index (Phi) is 5.39. The predicted octanol–water partition coefficient (Wildman–Crippen LogP) is 6.48. The number of thiazole rings is 1. The topological polar surface area (TPSA) is 41.1 Å². The smallest absolute Gasteiger partial charge is 0.251 e. The lowest BCUT2D eigenvalue weighted by atomic mass is 9.88. The van der Waals surface area contributed by atoms with Gasteiger partial charge in [0.15, 0.2) is 0 Å². The third-order valence-corrected chi connectivity index (χ3v) is 7.91. The Bertz CT molecular complexity index is 1170. The number of nitrogens with zero attached hydrogens (tertiary/aromatic N) is 3. The van der Waals surface area contributed by atoms with Gasteiger partial charge in [-0.2, -0.15) is 0 Å². The van der Waals surface area contributed by atoms with Gasteiger partial charge in [-0.3, -0.25) is 4.90 Å². The van der Waals surface area contributed by atoms with Gasteiger partial charge in [0.2, 0.25) is 0 Å². The number of hydrogen-bond donors (Lipinski definition) is 1. The Morgan fingerprint density at radius 3 is 3.00 bits per heavy atom. The molecule has 4 nitrogen and oxygen atoms in total. The largest absolute Gasteiger partial charge is 0.355 e. The molecule has 1 saturated heterocycles. The summed E-state index contributed by atoms with van der Waals surface area (Å²) in [4.78, 5) is 13.1. The quantitative estimate of drug-likeness (QED) is 0.382. The fourth-order valence-corrected chi connectivity index (χ4v) is 6.29. The van der Waals surface area contributed by atoms with Crippen molar-refractivity contribution >= 4 is 54.5 Å². The van der Waals surface area contributed by atoms with Crippen molar-refractivity contribution in [2.75, 3.05) is 18.4 Å². The molecule has 2 atom stereocenters. The van der Waals surface area contributed by atoms with Gasteiger partial charge in [0.25, 0.3) is 6.43 Å². The fourth-order valence-electron chi connectivity index (χ4n) is 4.37. The van der Waals surface area contributed by atoms with E-state index >= 15 is 0 Å². The number of alkyl halides is 2. The molecule has 30 heavy (non-hydrogen) atoms. The summed E-state index contributed by atoms with van der Waals surface area (Å²) >= 11 is 3.31. The third-order valence-electron chi connectivity index (χ3n) is 5.92. The highest BCUT2D eigenvalue weighted by Gasteiger charge is 2.31. The van der Waals surface area contributed by atoms with Gasteiger partial charge < -0.3 is 5.32 Å². The minimum absolute atomic E-state index is 0.101. The van der Waals surface area contributed by atoms with Gasteiger partial charge in [-0.15, -0.1) is 22.7 Å². The van der Waals surface area contributed by atoms with E-state index in [0.717, 1.165) is 51.2 Å². The Morgan fingerprint density at radius 2 is 2.13 bits per heavy atom. The van der Waals surface area contributed by atoms with Crippen LogP contribution in [0, 0.1) is 0 Å². The van der Waals surface area contributed by atoms with Crippen LogP contribution in [0.2, 0.25) is 0 Å². The molecule has 1 N–H and O–H groups in total. The van der Waals surface area contributed by atoms with Crippen LogP contribution in [0.3, 0.4) is 0 Å². The second-order valence-electron chi connectivity index (χ2n) is 7.76. The molecule has 0 amide bonds. The Balaban J connectivity index is 1.44. The van der Waals surface area contributed by atoms with Crippen molar-refractivity contribution in [2.24, 2.45) is 0 Å². The van der Waals surface area contributed by atoms with E-state index in [1.54, 1.807) is 22.7 Å². The summed E-state index contributed by atoms with van der Waals surface area (Å²) < 4.78 is 27.1. The molecule has 1 fully saturated rings. The van der Waals surface area contributed by atoms with E-state index in [-0.39, 0.29) is 18.5 Å².